The Hall–Kier alpha value is -2.27. The van der Waals surface area contributed by atoms with E-state index < -0.39 is 0 Å². The summed E-state index contributed by atoms with van der Waals surface area (Å²) in [6.45, 7) is 2.99. The molecule has 1 atom stereocenters. The number of anilines is 1. The summed E-state index contributed by atoms with van der Waals surface area (Å²) in [6, 6.07) is 10.3. The van der Waals surface area contributed by atoms with Crippen molar-refractivity contribution in [3.05, 3.63) is 46.7 Å². The fourth-order valence-electron chi connectivity index (χ4n) is 3.18. The molecule has 0 bridgehead atoms. The van der Waals surface area contributed by atoms with Gasteiger partial charge in [0.15, 0.2) is 5.82 Å². The second-order valence-corrected chi connectivity index (χ2v) is 6.28. The van der Waals surface area contributed by atoms with Crippen LogP contribution in [0.4, 0.5) is 5.82 Å². The third-order valence-electron chi connectivity index (χ3n) is 4.37. The number of aromatic amines is 1. The van der Waals surface area contributed by atoms with Gasteiger partial charge in [0.25, 0.3) is 0 Å². The summed E-state index contributed by atoms with van der Waals surface area (Å²) in [4.78, 5) is 6.79. The zero-order chi connectivity index (χ0) is 16.0. The fraction of sp³-hybridized carbons (Fsp3) is 0.294. The molecule has 1 aromatic carbocycles. The predicted octanol–water partition coefficient (Wildman–Crippen LogP) is 3.57. The van der Waals surface area contributed by atoms with Crippen molar-refractivity contribution in [3.8, 4) is 5.75 Å². The molecule has 3 heterocycles. The van der Waals surface area contributed by atoms with E-state index in [4.69, 9.17) is 16.3 Å². The third-order valence-corrected chi connectivity index (χ3v) is 4.57. The quantitative estimate of drug-likeness (QED) is 0.747. The number of nitrogens with one attached hydrogen (secondary N) is 1. The lowest BCUT2D eigenvalue weighted by molar-refractivity contribution is 0.414. The Bertz CT molecular complexity index is 859. The van der Waals surface area contributed by atoms with Crippen LogP contribution in [-0.4, -0.2) is 28.3 Å². The number of methoxy groups -OCH3 is 1. The summed E-state index contributed by atoms with van der Waals surface area (Å²) in [5.41, 5.74) is 3.19. The van der Waals surface area contributed by atoms with E-state index in [-0.39, 0.29) is 0 Å². The number of pyridine rings is 1. The maximum absolute atomic E-state index is 6.09. The highest BCUT2D eigenvalue weighted by Gasteiger charge is 2.28. The van der Waals surface area contributed by atoms with Crippen LogP contribution in [0.15, 0.2) is 30.3 Å². The zero-order valence-electron chi connectivity index (χ0n) is 13.0. The topological polar surface area (TPSA) is 54.0 Å². The maximum atomic E-state index is 6.09. The molecule has 0 saturated heterocycles. The Balaban J connectivity index is 1.72. The summed E-state index contributed by atoms with van der Waals surface area (Å²) in [6.07, 6.45) is 0.861. The number of ether oxygens (including phenoxy) is 1. The van der Waals surface area contributed by atoms with Crippen LogP contribution in [0.2, 0.25) is 5.15 Å². The minimum atomic E-state index is 0.307. The summed E-state index contributed by atoms with van der Waals surface area (Å²) in [5, 5.41) is 9.18. The van der Waals surface area contributed by atoms with Crippen LogP contribution in [0.3, 0.4) is 0 Å². The summed E-state index contributed by atoms with van der Waals surface area (Å²) in [5.74, 6) is 1.82. The molecule has 0 amide bonds. The van der Waals surface area contributed by atoms with Crippen molar-refractivity contribution in [2.24, 2.45) is 0 Å². The van der Waals surface area contributed by atoms with Crippen molar-refractivity contribution >= 4 is 28.3 Å². The summed E-state index contributed by atoms with van der Waals surface area (Å²) >= 11 is 6.09. The Labute approximate surface area is 139 Å². The first kappa shape index (κ1) is 14.3. The molecule has 23 heavy (non-hydrogen) atoms. The van der Waals surface area contributed by atoms with Crippen LogP contribution in [-0.2, 0) is 13.0 Å². The molecule has 1 N–H and O–H groups in total. The van der Waals surface area contributed by atoms with Gasteiger partial charge >= 0.3 is 0 Å². The fourth-order valence-corrected chi connectivity index (χ4v) is 3.39. The Kier molecular flexibility index (Phi) is 3.38. The molecule has 4 rings (SSSR count). The molecule has 0 saturated carbocycles. The van der Waals surface area contributed by atoms with Gasteiger partial charge in [-0.3, -0.25) is 5.10 Å². The van der Waals surface area contributed by atoms with Crippen molar-refractivity contribution in [3.63, 3.8) is 0 Å². The number of benzene rings is 1. The lowest BCUT2D eigenvalue weighted by atomic mass is 10.0. The normalized spacial score (nSPS) is 16.8. The molecule has 1 aliphatic heterocycles. The van der Waals surface area contributed by atoms with Gasteiger partial charge in [-0.2, -0.15) is 5.10 Å². The minimum absolute atomic E-state index is 0.307. The molecule has 1 unspecified atom stereocenters. The number of H-pyrrole nitrogens is 1. The van der Waals surface area contributed by atoms with Gasteiger partial charge < -0.3 is 9.64 Å². The molecule has 0 aliphatic carbocycles. The van der Waals surface area contributed by atoms with E-state index in [2.05, 4.69) is 39.1 Å². The number of nitrogens with zero attached hydrogens (tertiary/aromatic N) is 3. The average molecular weight is 329 g/mol. The number of aromatic nitrogens is 3. The second kappa shape index (κ2) is 5.42. The van der Waals surface area contributed by atoms with E-state index in [0.29, 0.717) is 11.2 Å². The van der Waals surface area contributed by atoms with Gasteiger partial charge in [0.05, 0.1) is 23.7 Å². The smallest absolute Gasteiger partial charge is 0.160 e. The average Bonchev–Trinajstić information content (AvgIpc) is 2.96. The first-order valence-electron chi connectivity index (χ1n) is 7.59. The highest BCUT2D eigenvalue weighted by molar-refractivity contribution is 6.30. The molecule has 2 aromatic heterocycles. The Morgan fingerprint density at radius 2 is 2.13 bits per heavy atom. The maximum Gasteiger partial charge on any atom is 0.160 e. The van der Waals surface area contributed by atoms with Gasteiger partial charge in [0.2, 0.25) is 0 Å². The van der Waals surface area contributed by atoms with Crippen molar-refractivity contribution in [1.29, 1.82) is 0 Å². The zero-order valence-corrected chi connectivity index (χ0v) is 13.8. The van der Waals surface area contributed by atoms with E-state index in [1.807, 2.05) is 18.2 Å². The molecule has 3 aromatic rings. The number of hydrogen-bond donors (Lipinski definition) is 1. The van der Waals surface area contributed by atoms with Crippen LogP contribution in [0, 0.1) is 0 Å². The number of hydrogen-bond acceptors (Lipinski definition) is 4. The molecule has 118 valence electrons. The van der Waals surface area contributed by atoms with Crippen molar-refractivity contribution < 1.29 is 4.74 Å². The standard InChI is InChI=1S/C17H17ClN4O/c1-10-7-13-16-14(8-15(18)19-13)20-21-17(16)22(10)9-11-3-5-12(23-2)6-4-11/h3-6,8,10H,7,9H2,1-2H3,(H,20,21). The van der Waals surface area contributed by atoms with E-state index in [9.17, 15) is 0 Å². The lowest BCUT2D eigenvalue weighted by Gasteiger charge is -2.33. The van der Waals surface area contributed by atoms with Gasteiger partial charge in [-0.05, 0) is 24.6 Å². The van der Waals surface area contributed by atoms with Gasteiger partial charge in [0.1, 0.15) is 10.9 Å². The first-order chi connectivity index (χ1) is 11.2. The molecule has 6 heteroatoms. The van der Waals surface area contributed by atoms with E-state index >= 15 is 0 Å². The Morgan fingerprint density at radius 3 is 2.87 bits per heavy atom. The third kappa shape index (κ3) is 2.41. The van der Waals surface area contributed by atoms with Gasteiger partial charge in [-0.15, -0.1) is 0 Å². The minimum Gasteiger partial charge on any atom is -0.497 e. The monoisotopic (exact) mass is 328 g/mol. The largest absolute Gasteiger partial charge is 0.497 e. The van der Waals surface area contributed by atoms with Gasteiger partial charge in [-0.25, -0.2) is 4.98 Å². The van der Waals surface area contributed by atoms with Crippen molar-refractivity contribution in [2.75, 3.05) is 12.0 Å². The molecule has 0 spiro atoms. The highest BCUT2D eigenvalue weighted by Crippen LogP contribution is 2.35. The van der Waals surface area contributed by atoms with E-state index in [0.717, 1.165) is 41.1 Å². The highest BCUT2D eigenvalue weighted by atomic mass is 35.5. The van der Waals surface area contributed by atoms with Crippen molar-refractivity contribution in [2.45, 2.75) is 25.9 Å². The SMILES string of the molecule is COc1ccc(CN2c3n[nH]c4cc(Cl)nc(c34)CC2C)cc1. The van der Waals surface area contributed by atoms with Crippen LogP contribution in [0.25, 0.3) is 10.9 Å². The molecule has 0 fully saturated rings. The summed E-state index contributed by atoms with van der Waals surface area (Å²) < 4.78 is 5.22. The second-order valence-electron chi connectivity index (χ2n) is 5.89. The Morgan fingerprint density at radius 1 is 1.35 bits per heavy atom. The van der Waals surface area contributed by atoms with E-state index in [1.54, 1.807) is 7.11 Å². The van der Waals surface area contributed by atoms with Crippen LogP contribution < -0.4 is 9.64 Å². The molecule has 5 nitrogen and oxygen atoms in total. The van der Waals surface area contributed by atoms with Crippen molar-refractivity contribution in [1.82, 2.24) is 15.2 Å². The lowest BCUT2D eigenvalue weighted by Crippen LogP contribution is -2.37. The van der Waals surface area contributed by atoms with Gasteiger partial charge in [-0.1, -0.05) is 23.7 Å². The van der Waals surface area contributed by atoms with Crippen LogP contribution in [0.5, 0.6) is 5.75 Å². The van der Waals surface area contributed by atoms with Gasteiger partial charge in [0, 0.05) is 25.1 Å². The number of halogens is 1. The molecule has 0 radical (unpaired) electrons. The first-order valence-corrected chi connectivity index (χ1v) is 7.96. The summed E-state index contributed by atoms with van der Waals surface area (Å²) in [7, 11) is 1.68. The predicted molar refractivity (Wildman–Crippen MR) is 91.2 cm³/mol. The number of rotatable bonds is 3. The van der Waals surface area contributed by atoms with Crippen LogP contribution in [0.1, 0.15) is 18.2 Å². The molecule has 1 aliphatic rings. The molecular weight excluding hydrogens is 312 g/mol. The van der Waals surface area contributed by atoms with E-state index in [1.165, 1.54) is 5.56 Å². The van der Waals surface area contributed by atoms with Crippen LogP contribution >= 0.6 is 11.6 Å². The molecular formula is C17H17ClN4O.